The molecule has 30 heavy (non-hydrogen) atoms. The number of pyridine rings is 1. The SMILES string of the molecule is Cc1[nH]n(-c2ccc([N+](=O)[O-])cc2)c(=O)c1-c1c2ccccc2nc2ccccc12. The first-order valence-corrected chi connectivity index (χ1v) is 9.39. The van der Waals surface area contributed by atoms with Crippen LogP contribution in [0.25, 0.3) is 38.6 Å². The molecule has 7 nitrogen and oxygen atoms in total. The van der Waals surface area contributed by atoms with E-state index in [9.17, 15) is 14.9 Å². The van der Waals surface area contributed by atoms with Gasteiger partial charge in [0.15, 0.2) is 0 Å². The largest absolute Gasteiger partial charge is 0.295 e. The number of para-hydroxylation sites is 2. The number of aryl methyl sites for hydroxylation is 1. The van der Waals surface area contributed by atoms with Gasteiger partial charge in [-0.2, -0.15) is 0 Å². The number of hydrogen-bond donors (Lipinski definition) is 1. The molecule has 0 atom stereocenters. The van der Waals surface area contributed by atoms with Crippen molar-refractivity contribution >= 4 is 27.5 Å². The highest BCUT2D eigenvalue weighted by molar-refractivity contribution is 6.09. The van der Waals surface area contributed by atoms with E-state index in [1.54, 1.807) is 12.1 Å². The van der Waals surface area contributed by atoms with Crippen molar-refractivity contribution in [1.82, 2.24) is 14.8 Å². The van der Waals surface area contributed by atoms with Crippen LogP contribution in [-0.2, 0) is 0 Å². The topological polar surface area (TPSA) is 93.8 Å². The minimum Gasteiger partial charge on any atom is -0.295 e. The lowest BCUT2D eigenvalue weighted by Gasteiger charge is -2.09. The van der Waals surface area contributed by atoms with Crippen molar-refractivity contribution in [3.8, 4) is 16.8 Å². The number of nitro benzene ring substituents is 1. The number of benzene rings is 3. The highest BCUT2D eigenvalue weighted by Crippen LogP contribution is 2.34. The lowest BCUT2D eigenvalue weighted by molar-refractivity contribution is -0.384. The third-order valence-electron chi connectivity index (χ3n) is 5.23. The summed E-state index contributed by atoms with van der Waals surface area (Å²) in [4.78, 5) is 28.7. The van der Waals surface area contributed by atoms with Crippen LogP contribution in [0.1, 0.15) is 5.69 Å². The number of nitrogens with zero attached hydrogens (tertiary/aromatic N) is 3. The molecule has 146 valence electrons. The van der Waals surface area contributed by atoms with Gasteiger partial charge in [0.1, 0.15) is 0 Å². The van der Waals surface area contributed by atoms with E-state index < -0.39 is 4.92 Å². The average Bonchev–Trinajstić information content (AvgIpc) is 3.06. The summed E-state index contributed by atoms with van der Waals surface area (Å²) in [5, 5.41) is 15.8. The molecule has 0 fully saturated rings. The van der Waals surface area contributed by atoms with E-state index in [1.807, 2.05) is 55.5 Å². The highest BCUT2D eigenvalue weighted by atomic mass is 16.6. The van der Waals surface area contributed by atoms with Crippen LogP contribution in [0, 0.1) is 17.0 Å². The number of fused-ring (bicyclic) bond motifs is 2. The third-order valence-corrected chi connectivity index (χ3v) is 5.23. The highest BCUT2D eigenvalue weighted by Gasteiger charge is 2.20. The molecule has 2 heterocycles. The fraction of sp³-hybridized carbons (Fsp3) is 0.0435. The van der Waals surface area contributed by atoms with Gasteiger partial charge in [-0.25, -0.2) is 9.67 Å². The Balaban J connectivity index is 1.81. The fourth-order valence-electron chi connectivity index (χ4n) is 3.86. The van der Waals surface area contributed by atoms with Gasteiger partial charge in [0.2, 0.25) is 0 Å². The molecule has 0 spiro atoms. The maximum atomic E-state index is 13.5. The van der Waals surface area contributed by atoms with E-state index >= 15 is 0 Å². The number of rotatable bonds is 3. The first kappa shape index (κ1) is 17.8. The Labute approximate surface area is 170 Å². The second-order valence-corrected chi connectivity index (χ2v) is 7.05. The van der Waals surface area contributed by atoms with Crippen molar-refractivity contribution in [2.45, 2.75) is 6.92 Å². The zero-order valence-electron chi connectivity index (χ0n) is 16.0. The molecule has 0 saturated heterocycles. The van der Waals surface area contributed by atoms with Crippen LogP contribution >= 0.6 is 0 Å². The van der Waals surface area contributed by atoms with Crippen molar-refractivity contribution < 1.29 is 4.92 Å². The molecule has 0 radical (unpaired) electrons. The van der Waals surface area contributed by atoms with Gasteiger partial charge in [-0.15, -0.1) is 0 Å². The number of nitro groups is 1. The van der Waals surface area contributed by atoms with Crippen molar-refractivity contribution in [3.05, 3.63) is 99.0 Å². The first-order valence-electron chi connectivity index (χ1n) is 9.39. The maximum absolute atomic E-state index is 13.5. The molecular formula is C23H16N4O3. The standard InChI is InChI=1S/C23H16N4O3/c1-14-21(23(28)26(25-14)15-10-12-16(13-11-15)27(29)30)22-17-6-2-4-8-19(17)24-20-9-5-3-7-18(20)22/h2-13,25H,1H3. The van der Waals surface area contributed by atoms with Crippen molar-refractivity contribution in [3.63, 3.8) is 0 Å². The van der Waals surface area contributed by atoms with Gasteiger partial charge in [0, 0.05) is 34.2 Å². The molecular weight excluding hydrogens is 380 g/mol. The molecule has 0 unspecified atom stereocenters. The van der Waals surface area contributed by atoms with Crippen molar-refractivity contribution in [2.24, 2.45) is 0 Å². The summed E-state index contributed by atoms with van der Waals surface area (Å²) in [6.45, 7) is 1.85. The summed E-state index contributed by atoms with van der Waals surface area (Å²) >= 11 is 0. The summed E-state index contributed by atoms with van der Waals surface area (Å²) in [5.74, 6) is 0. The summed E-state index contributed by atoms with van der Waals surface area (Å²) in [6, 6.07) is 21.4. The van der Waals surface area contributed by atoms with Gasteiger partial charge < -0.3 is 0 Å². The van der Waals surface area contributed by atoms with Gasteiger partial charge >= 0.3 is 0 Å². The Kier molecular flexibility index (Phi) is 3.96. The zero-order valence-corrected chi connectivity index (χ0v) is 16.0. The molecule has 0 aliphatic rings. The molecule has 0 aliphatic carbocycles. The van der Waals surface area contributed by atoms with Crippen LogP contribution in [0.15, 0.2) is 77.6 Å². The van der Waals surface area contributed by atoms with E-state index in [2.05, 4.69) is 5.10 Å². The number of aromatic amines is 1. The monoisotopic (exact) mass is 396 g/mol. The van der Waals surface area contributed by atoms with Crippen LogP contribution in [0.4, 0.5) is 5.69 Å². The van der Waals surface area contributed by atoms with Crippen LogP contribution in [0.3, 0.4) is 0 Å². The Morgan fingerprint density at radius 3 is 2.00 bits per heavy atom. The first-order chi connectivity index (χ1) is 14.5. The number of nitrogens with one attached hydrogen (secondary N) is 1. The minimum atomic E-state index is -0.465. The lowest BCUT2D eigenvalue weighted by Crippen LogP contribution is -2.15. The van der Waals surface area contributed by atoms with Crippen LogP contribution in [0.2, 0.25) is 0 Å². The number of non-ortho nitro benzene ring substituents is 1. The average molecular weight is 396 g/mol. The van der Waals surface area contributed by atoms with E-state index in [1.165, 1.54) is 16.8 Å². The second-order valence-electron chi connectivity index (χ2n) is 7.05. The van der Waals surface area contributed by atoms with Crippen molar-refractivity contribution in [2.75, 3.05) is 0 Å². The van der Waals surface area contributed by atoms with Gasteiger partial charge in [0.25, 0.3) is 11.2 Å². The summed E-state index contributed by atoms with van der Waals surface area (Å²) < 4.78 is 1.42. The quantitative estimate of drug-likeness (QED) is 0.270. The third kappa shape index (κ3) is 2.68. The molecule has 0 saturated carbocycles. The number of H-pyrrole nitrogens is 1. The van der Waals surface area contributed by atoms with Gasteiger partial charge in [0.05, 0.1) is 27.2 Å². The van der Waals surface area contributed by atoms with Crippen molar-refractivity contribution in [1.29, 1.82) is 0 Å². The predicted molar refractivity (Wildman–Crippen MR) is 116 cm³/mol. The number of aromatic nitrogens is 3. The smallest absolute Gasteiger partial charge is 0.279 e. The molecule has 5 aromatic rings. The second kappa shape index (κ2) is 6.66. The van der Waals surface area contributed by atoms with Gasteiger partial charge in [-0.05, 0) is 31.2 Å². The van der Waals surface area contributed by atoms with E-state index in [4.69, 9.17) is 4.98 Å². The molecule has 0 bridgehead atoms. The van der Waals surface area contributed by atoms with E-state index in [0.29, 0.717) is 16.9 Å². The molecule has 1 N–H and O–H groups in total. The predicted octanol–water partition coefficient (Wildman–Crippen LogP) is 4.75. The minimum absolute atomic E-state index is 0.0265. The lowest BCUT2D eigenvalue weighted by atomic mass is 9.96. The molecule has 0 aliphatic heterocycles. The molecule has 7 heteroatoms. The summed E-state index contributed by atoms with van der Waals surface area (Å²) in [7, 11) is 0. The van der Waals surface area contributed by atoms with Crippen LogP contribution < -0.4 is 5.56 Å². The zero-order chi connectivity index (χ0) is 20.8. The molecule has 2 aromatic heterocycles. The summed E-state index contributed by atoms with van der Waals surface area (Å²) in [6.07, 6.45) is 0. The number of hydrogen-bond acceptors (Lipinski definition) is 4. The van der Waals surface area contributed by atoms with Gasteiger partial charge in [-0.1, -0.05) is 36.4 Å². The van der Waals surface area contributed by atoms with E-state index in [-0.39, 0.29) is 11.2 Å². The van der Waals surface area contributed by atoms with Gasteiger partial charge in [-0.3, -0.25) is 20.0 Å². The molecule has 0 amide bonds. The Bertz CT molecular complexity index is 1440. The van der Waals surface area contributed by atoms with Crippen LogP contribution in [0.5, 0.6) is 0 Å². The van der Waals surface area contributed by atoms with Crippen LogP contribution in [-0.4, -0.2) is 19.7 Å². The Morgan fingerprint density at radius 2 is 1.43 bits per heavy atom. The molecule has 5 rings (SSSR count). The molecule has 3 aromatic carbocycles. The fourth-order valence-corrected chi connectivity index (χ4v) is 3.86. The Morgan fingerprint density at radius 1 is 0.867 bits per heavy atom. The normalized spacial score (nSPS) is 11.2. The summed E-state index contributed by atoms with van der Waals surface area (Å²) in [5.41, 5.74) is 4.01. The maximum Gasteiger partial charge on any atom is 0.279 e. The van der Waals surface area contributed by atoms with E-state index in [0.717, 1.165) is 27.4 Å². The Hall–Kier alpha value is -4.26.